The van der Waals surface area contributed by atoms with E-state index in [9.17, 15) is 0 Å². The lowest BCUT2D eigenvalue weighted by atomic mass is 10.1. The van der Waals surface area contributed by atoms with Gasteiger partial charge in [-0.2, -0.15) is 0 Å². The molecule has 0 fully saturated rings. The number of anilines is 2. The first-order valence-electron chi connectivity index (χ1n) is 6.23. The van der Waals surface area contributed by atoms with Crippen LogP contribution < -0.4 is 15.0 Å². The van der Waals surface area contributed by atoms with E-state index in [1.54, 1.807) is 13.3 Å². The third kappa shape index (κ3) is 3.16. The molecule has 1 N–H and O–H groups in total. The van der Waals surface area contributed by atoms with Crippen LogP contribution in [0.2, 0.25) is 4.34 Å². The van der Waals surface area contributed by atoms with Gasteiger partial charge in [0.15, 0.2) is 0 Å². The van der Waals surface area contributed by atoms with E-state index < -0.39 is 0 Å². The number of hydrogen-bond acceptors (Lipinski definition) is 5. The largest absolute Gasteiger partial charge is 0.479 e. The average molecular weight is 312 g/mol. The predicted octanol–water partition coefficient (Wildman–Crippen LogP) is 4.04. The number of halogens is 1. The Balaban J connectivity index is 2.32. The van der Waals surface area contributed by atoms with Gasteiger partial charge in [-0.05, 0) is 30.0 Å². The van der Waals surface area contributed by atoms with Crippen molar-refractivity contribution in [2.75, 3.05) is 31.4 Å². The van der Waals surface area contributed by atoms with Gasteiger partial charge in [0.1, 0.15) is 5.69 Å². The summed E-state index contributed by atoms with van der Waals surface area (Å²) in [4.78, 5) is 6.28. The summed E-state index contributed by atoms with van der Waals surface area (Å²) < 4.78 is 6.15. The number of rotatable bonds is 5. The van der Waals surface area contributed by atoms with Crippen molar-refractivity contribution in [2.24, 2.45) is 0 Å². The summed E-state index contributed by atoms with van der Waals surface area (Å²) in [6, 6.07) is 4.05. The van der Waals surface area contributed by atoms with Crippen LogP contribution in [-0.4, -0.2) is 26.2 Å². The Kier molecular flexibility index (Phi) is 4.73. The van der Waals surface area contributed by atoms with Gasteiger partial charge < -0.3 is 15.0 Å². The molecule has 0 amide bonds. The van der Waals surface area contributed by atoms with Crippen LogP contribution in [-0.2, 0) is 0 Å². The standard InChI is InChI=1S/C14H18ClN3OS/c1-9(10-7-12(15)20-8-10)17-13-11(18(2)3)5-6-16-14(13)19-4/h5-9,17H,1-4H3. The molecule has 20 heavy (non-hydrogen) atoms. The van der Waals surface area contributed by atoms with E-state index >= 15 is 0 Å². The van der Waals surface area contributed by atoms with E-state index in [1.807, 2.05) is 31.1 Å². The number of pyridine rings is 1. The molecule has 1 unspecified atom stereocenters. The number of nitrogens with one attached hydrogen (secondary N) is 1. The second-order valence-corrected chi connectivity index (χ2v) is 6.20. The van der Waals surface area contributed by atoms with Gasteiger partial charge in [-0.15, -0.1) is 11.3 Å². The van der Waals surface area contributed by atoms with Gasteiger partial charge in [0.05, 0.1) is 17.1 Å². The molecule has 0 saturated heterocycles. The Hall–Kier alpha value is -1.46. The molecule has 0 spiro atoms. The number of aromatic nitrogens is 1. The van der Waals surface area contributed by atoms with Gasteiger partial charge in [-0.3, -0.25) is 0 Å². The van der Waals surface area contributed by atoms with Gasteiger partial charge in [0.25, 0.3) is 0 Å². The van der Waals surface area contributed by atoms with Crippen LogP contribution in [0.3, 0.4) is 0 Å². The van der Waals surface area contributed by atoms with E-state index in [-0.39, 0.29) is 6.04 Å². The van der Waals surface area contributed by atoms with E-state index in [4.69, 9.17) is 16.3 Å². The number of nitrogens with zero attached hydrogens (tertiary/aromatic N) is 2. The van der Waals surface area contributed by atoms with Crippen LogP contribution in [0.1, 0.15) is 18.5 Å². The first-order chi connectivity index (χ1) is 9.52. The minimum Gasteiger partial charge on any atom is -0.479 e. The quantitative estimate of drug-likeness (QED) is 0.904. The fourth-order valence-electron chi connectivity index (χ4n) is 1.95. The fraction of sp³-hybridized carbons (Fsp3) is 0.357. The molecule has 0 bridgehead atoms. The third-order valence-electron chi connectivity index (χ3n) is 3.02. The summed E-state index contributed by atoms with van der Waals surface area (Å²) in [5.74, 6) is 0.587. The third-order valence-corrected chi connectivity index (χ3v) is 4.13. The minimum absolute atomic E-state index is 0.121. The number of ether oxygens (including phenoxy) is 1. The summed E-state index contributed by atoms with van der Waals surface area (Å²) in [5, 5.41) is 5.51. The maximum atomic E-state index is 5.99. The summed E-state index contributed by atoms with van der Waals surface area (Å²) in [6.45, 7) is 2.09. The second-order valence-electron chi connectivity index (χ2n) is 4.66. The Bertz CT molecular complexity index is 586. The average Bonchev–Trinajstić information content (AvgIpc) is 2.85. The highest BCUT2D eigenvalue weighted by Gasteiger charge is 2.16. The highest BCUT2D eigenvalue weighted by molar-refractivity contribution is 7.14. The zero-order valence-electron chi connectivity index (χ0n) is 12.0. The lowest BCUT2D eigenvalue weighted by Gasteiger charge is -2.22. The summed E-state index contributed by atoms with van der Waals surface area (Å²) in [7, 11) is 5.61. The molecule has 0 aliphatic rings. The van der Waals surface area contributed by atoms with Crippen molar-refractivity contribution in [1.82, 2.24) is 4.98 Å². The predicted molar refractivity (Wildman–Crippen MR) is 86.5 cm³/mol. The van der Waals surface area contributed by atoms with Crippen LogP contribution in [0.5, 0.6) is 5.88 Å². The molecule has 108 valence electrons. The molecule has 2 heterocycles. The van der Waals surface area contributed by atoms with Gasteiger partial charge >= 0.3 is 0 Å². The first kappa shape index (κ1) is 14.9. The summed E-state index contributed by atoms with van der Waals surface area (Å²) in [5.41, 5.74) is 3.07. The van der Waals surface area contributed by atoms with Crippen molar-refractivity contribution in [3.05, 3.63) is 33.6 Å². The highest BCUT2D eigenvalue weighted by Crippen LogP contribution is 2.35. The van der Waals surface area contributed by atoms with Crippen molar-refractivity contribution in [1.29, 1.82) is 0 Å². The van der Waals surface area contributed by atoms with Crippen molar-refractivity contribution < 1.29 is 4.74 Å². The van der Waals surface area contributed by atoms with Gasteiger partial charge in [-0.1, -0.05) is 11.6 Å². The molecular weight excluding hydrogens is 294 g/mol. The maximum Gasteiger partial charge on any atom is 0.239 e. The Morgan fingerprint density at radius 3 is 2.75 bits per heavy atom. The first-order valence-corrected chi connectivity index (χ1v) is 7.49. The molecule has 1 atom stereocenters. The number of methoxy groups -OCH3 is 1. The molecule has 2 aromatic heterocycles. The fourth-order valence-corrected chi connectivity index (χ4v) is 2.93. The van der Waals surface area contributed by atoms with Gasteiger partial charge in [0.2, 0.25) is 5.88 Å². The van der Waals surface area contributed by atoms with Crippen molar-refractivity contribution in [3.63, 3.8) is 0 Å². The van der Waals surface area contributed by atoms with E-state index in [0.29, 0.717) is 5.88 Å². The zero-order valence-corrected chi connectivity index (χ0v) is 13.5. The molecule has 0 saturated carbocycles. The van der Waals surface area contributed by atoms with Crippen molar-refractivity contribution >= 4 is 34.3 Å². The Labute approximate surface area is 128 Å². The van der Waals surface area contributed by atoms with Crippen LogP contribution in [0.4, 0.5) is 11.4 Å². The lowest BCUT2D eigenvalue weighted by molar-refractivity contribution is 0.399. The molecule has 0 aromatic carbocycles. The molecule has 6 heteroatoms. The van der Waals surface area contributed by atoms with Crippen molar-refractivity contribution in [2.45, 2.75) is 13.0 Å². The Morgan fingerprint density at radius 1 is 1.45 bits per heavy atom. The molecule has 0 aliphatic carbocycles. The summed E-state index contributed by atoms with van der Waals surface area (Å²) >= 11 is 7.53. The Morgan fingerprint density at radius 2 is 2.20 bits per heavy atom. The highest BCUT2D eigenvalue weighted by atomic mass is 35.5. The normalized spacial score (nSPS) is 12.1. The van der Waals surface area contributed by atoms with Crippen molar-refractivity contribution in [3.8, 4) is 5.88 Å². The molecule has 0 aliphatic heterocycles. The van der Waals surface area contributed by atoms with Gasteiger partial charge in [0, 0.05) is 26.3 Å². The smallest absolute Gasteiger partial charge is 0.239 e. The van der Waals surface area contributed by atoms with Crippen LogP contribution >= 0.6 is 22.9 Å². The molecule has 4 nitrogen and oxygen atoms in total. The van der Waals surface area contributed by atoms with Crippen LogP contribution in [0.15, 0.2) is 23.7 Å². The van der Waals surface area contributed by atoms with E-state index in [1.165, 1.54) is 11.3 Å². The SMILES string of the molecule is COc1nccc(N(C)C)c1NC(C)c1csc(Cl)c1. The lowest BCUT2D eigenvalue weighted by Crippen LogP contribution is -2.15. The zero-order chi connectivity index (χ0) is 14.7. The van der Waals surface area contributed by atoms with Crippen LogP contribution in [0, 0.1) is 0 Å². The number of thiophene rings is 1. The molecule has 2 rings (SSSR count). The minimum atomic E-state index is 0.121. The second kappa shape index (κ2) is 6.33. The topological polar surface area (TPSA) is 37.4 Å². The molecular formula is C14H18ClN3OS. The maximum absolute atomic E-state index is 5.99. The monoisotopic (exact) mass is 311 g/mol. The number of hydrogen-bond donors (Lipinski definition) is 1. The molecule has 0 radical (unpaired) electrons. The van der Waals surface area contributed by atoms with E-state index in [0.717, 1.165) is 21.3 Å². The summed E-state index contributed by atoms with van der Waals surface area (Å²) in [6.07, 6.45) is 1.74. The van der Waals surface area contributed by atoms with Crippen LogP contribution in [0.25, 0.3) is 0 Å². The van der Waals surface area contributed by atoms with E-state index in [2.05, 4.69) is 22.6 Å². The van der Waals surface area contributed by atoms with Gasteiger partial charge in [-0.25, -0.2) is 4.98 Å². The molecule has 2 aromatic rings.